The molecule has 0 saturated carbocycles. The number of benzene rings is 2. The van der Waals surface area contributed by atoms with Crippen LogP contribution < -0.4 is 10.5 Å². The summed E-state index contributed by atoms with van der Waals surface area (Å²) in [5, 5.41) is 0.757. The maximum atomic E-state index is 6.06. The molecule has 3 heteroatoms. The Bertz CT molecular complexity index is 585. The van der Waals surface area contributed by atoms with E-state index < -0.39 is 0 Å². The Labute approximate surface area is 125 Å². The molecule has 0 amide bonds. The van der Waals surface area contributed by atoms with E-state index in [4.69, 9.17) is 22.1 Å². The van der Waals surface area contributed by atoms with E-state index in [1.165, 1.54) is 11.1 Å². The monoisotopic (exact) mass is 289 g/mol. The fourth-order valence-corrected chi connectivity index (χ4v) is 2.60. The minimum atomic E-state index is -0.140. The molecular formula is C17H20ClNO. The van der Waals surface area contributed by atoms with Gasteiger partial charge in [0, 0.05) is 17.0 Å². The predicted molar refractivity (Wildman–Crippen MR) is 84.6 cm³/mol. The van der Waals surface area contributed by atoms with E-state index in [9.17, 15) is 0 Å². The number of rotatable bonds is 5. The molecule has 2 aromatic rings. The van der Waals surface area contributed by atoms with Gasteiger partial charge in [0.1, 0.15) is 5.75 Å². The first-order chi connectivity index (χ1) is 9.57. The number of nitrogens with two attached hydrogens (primary N) is 1. The standard InChI is InChI=1S/C17H20ClNO/c1-17(12-19,11-13-5-3-7-15(18)9-13)14-6-4-8-16(10-14)20-2/h3-10H,11-12,19H2,1-2H3. The molecule has 2 rings (SSSR count). The highest BCUT2D eigenvalue weighted by Gasteiger charge is 2.26. The first-order valence-corrected chi connectivity index (χ1v) is 7.04. The van der Waals surface area contributed by atoms with Crippen LogP contribution in [0.5, 0.6) is 5.75 Å². The van der Waals surface area contributed by atoms with Crippen LogP contribution in [0.2, 0.25) is 5.02 Å². The van der Waals surface area contributed by atoms with Crippen molar-refractivity contribution in [3.63, 3.8) is 0 Å². The van der Waals surface area contributed by atoms with E-state index in [0.29, 0.717) is 6.54 Å². The highest BCUT2D eigenvalue weighted by atomic mass is 35.5. The first kappa shape index (κ1) is 14.9. The summed E-state index contributed by atoms with van der Waals surface area (Å²) in [7, 11) is 1.68. The van der Waals surface area contributed by atoms with Crippen molar-refractivity contribution in [1.29, 1.82) is 0 Å². The van der Waals surface area contributed by atoms with Crippen LogP contribution in [0.15, 0.2) is 48.5 Å². The van der Waals surface area contributed by atoms with Gasteiger partial charge in [-0.15, -0.1) is 0 Å². The number of halogens is 1. The molecule has 106 valence electrons. The Morgan fingerprint density at radius 2 is 1.90 bits per heavy atom. The minimum absolute atomic E-state index is 0.140. The largest absolute Gasteiger partial charge is 0.497 e. The summed E-state index contributed by atoms with van der Waals surface area (Å²) in [5.74, 6) is 0.855. The Balaban J connectivity index is 2.32. The van der Waals surface area contributed by atoms with Crippen molar-refractivity contribution >= 4 is 11.6 Å². The molecule has 1 atom stereocenters. The number of hydrogen-bond acceptors (Lipinski definition) is 2. The summed E-state index contributed by atoms with van der Waals surface area (Å²) >= 11 is 6.06. The maximum absolute atomic E-state index is 6.06. The second-order valence-electron chi connectivity index (χ2n) is 5.30. The maximum Gasteiger partial charge on any atom is 0.119 e. The Morgan fingerprint density at radius 1 is 1.15 bits per heavy atom. The summed E-state index contributed by atoms with van der Waals surface area (Å²) in [4.78, 5) is 0. The normalized spacial score (nSPS) is 13.8. The fraction of sp³-hybridized carbons (Fsp3) is 0.294. The van der Waals surface area contributed by atoms with Gasteiger partial charge < -0.3 is 10.5 Å². The molecule has 20 heavy (non-hydrogen) atoms. The van der Waals surface area contributed by atoms with Gasteiger partial charge in [0.15, 0.2) is 0 Å². The quantitative estimate of drug-likeness (QED) is 0.908. The van der Waals surface area contributed by atoms with Crippen LogP contribution in [-0.4, -0.2) is 13.7 Å². The second kappa shape index (κ2) is 6.29. The second-order valence-corrected chi connectivity index (χ2v) is 5.74. The molecule has 2 aromatic carbocycles. The van der Waals surface area contributed by atoms with E-state index in [1.807, 2.05) is 30.3 Å². The average molecular weight is 290 g/mol. The van der Waals surface area contributed by atoms with Crippen molar-refractivity contribution in [2.24, 2.45) is 5.73 Å². The smallest absolute Gasteiger partial charge is 0.119 e. The minimum Gasteiger partial charge on any atom is -0.497 e. The van der Waals surface area contributed by atoms with Crippen molar-refractivity contribution < 1.29 is 4.74 Å². The molecule has 2 nitrogen and oxygen atoms in total. The van der Waals surface area contributed by atoms with Crippen molar-refractivity contribution in [3.8, 4) is 5.75 Å². The molecule has 1 unspecified atom stereocenters. The molecule has 0 aliphatic heterocycles. The van der Waals surface area contributed by atoms with Gasteiger partial charge in [-0.3, -0.25) is 0 Å². The van der Waals surface area contributed by atoms with Gasteiger partial charge in [-0.2, -0.15) is 0 Å². The Morgan fingerprint density at radius 3 is 2.55 bits per heavy atom. The SMILES string of the molecule is COc1cccc(C(C)(CN)Cc2cccc(Cl)c2)c1. The molecule has 0 spiro atoms. The lowest BCUT2D eigenvalue weighted by atomic mass is 9.77. The summed E-state index contributed by atoms with van der Waals surface area (Å²) in [5.41, 5.74) is 8.27. The van der Waals surface area contributed by atoms with Crippen LogP contribution in [0.4, 0.5) is 0 Å². The van der Waals surface area contributed by atoms with Gasteiger partial charge >= 0.3 is 0 Å². The molecule has 0 bridgehead atoms. The van der Waals surface area contributed by atoms with Crippen molar-refractivity contribution in [3.05, 3.63) is 64.7 Å². The first-order valence-electron chi connectivity index (χ1n) is 6.66. The van der Waals surface area contributed by atoms with Crippen molar-refractivity contribution in [2.75, 3.05) is 13.7 Å². The van der Waals surface area contributed by atoms with E-state index in [2.05, 4.69) is 25.1 Å². The molecule has 0 aromatic heterocycles. The highest BCUT2D eigenvalue weighted by Crippen LogP contribution is 2.30. The summed E-state index contributed by atoms with van der Waals surface area (Å²) in [6.07, 6.45) is 0.844. The zero-order chi connectivity index (χ0) is 14.6. The third-order valence-corrected chi connectivity index (χ3v) is 3.94. The fourth-order valence-electron chi connectivity index (χ4n) is 2.39. The van der Waals surface area contributed by atoms with E-state index in [1.54, 1.807) is 7.11 Å². The molecule has 0 aliphatic carbocycles. The van der Waals surface area contributed by atoms with E-state index >= 15 is 0 Å². The lowest BCUT2D eigenvalue weighted by Crippen LogP contribution is -2.34. The van der Waals surface area contributed by atoms with Crippen LogP contribution >= 0.6 is 11.6 Å². The topological polar surface area (TPSA) is 35.2 Å². The Kier molecular flexibility index (Phi) is 4.69. The van der Waals surface area contributed by atoms with Gasteiger partial charge in [0.05, 0.1) is 7.11 Å². The summed E-state index contributed by atoms with van der Waals surface area (Å²) < 4.78 is 5.30. The van der Waals surface area contributed by atoms with Gasteiger partial charge in [0.25, 0.3) is 0 Å². The van der Waals surface area contributed by atoms with Crippen molar-refractivity contribution in [2.45, 2.75) is 18.8 Å². The van der Waals surface area contributed by atoms with Crippen LogP contribution in [0, 0.1) is 0 Å². The van der Waals surface area contributed by atoms with Gasteiger partial charge in [-0.25, -0.2) is 0 Å². The Hall–Kier alpha value is -1.51. The lowest BCUT2D eigenvalue weighted by molar-refractivity contribution is 0.410. The summed E-state index contributed by atoms with van der Waals surface area (Å²) in [6.45, 7) is 2.73. The van der Waals surface area contributed by atoms with Crippen molar-refractivity contribution in [1.82, 2.24) is 0 Å². The van der Waals surface area contributed by atoms with Crippen LogP contribution in [0.3, 0.4) is 0 Å². The average Bonchev–Trinajstić information content (AvgIpc) is 2.47. The van der Waals surface area contributed by atoms with Gasteiger partial charge in [0.2, 0.25) is 0 Å². The number of ether oxygens (including phenoxy) is 1. The molecule has 0 fully saturated rings. The number of methoxy groups -OCH3 is 1. The highest BCUT2D eigenvalue weighted by molar-refractivity contribution is 6.30. The van der Waals surface area contributed by atoms with Crippen LogP contribution in [0.1, 0.15) is 18.1 Å². The molecule has 0 heterocycles. The van der Waals surface area contributed by atoms with Crippen LogP contribution in [0.25, 0.3) is 0 Å². The number of hydrogen-bond donors (Lipinski definition) is 1. The molecule has 0 saturated heterocycles. The molecule has 0 radical (unpaired) electrons. The van der Waals surface area contributed by atoms with E-state index in [-0.39, 0.29) is 5.41 Å². The predicted octanol–water partition coefficient (Wildman–Crippen LogP) is 3.81. The summed E-state index contributed by atoms with van der Waals surface area (Å²) in [6, 6.07) is 16.0. The zero-order valence-electron chi connectivity index (χ0n) is 11.9. The third-order valence-electron chi connectivity index (χ3n) is 3.70. The van der Waals surface area contributed by atoms with Crippen LogP contribution in [-0.2, 0) is 11.8 Å². The molecule has 0 aliphatic rings. The lowest BCUT2D eigenvalue weighted by Gasteiger charge is -2.29. The van der Waals surface area contributed by atoms with E-state index in [0.717, 1.165) is 17.2 Å². The molecule has 2 N–H and O–H groups in total. The molecular weight excluding hydrogens is 270 g/mol. The van der Waals surface area contributed by atoms with Gasteiger partial charge in [-0.05, 0) is 41.8 Å². The third kappa shape index (κ3) is 3.33. The van der Waals surface area contributed by atoms with Gasteiger partial charge in [-0.1, -0.05) is 42.8 Å². The zero-order valence-corrected chi connectivity index (χ0v) is 12.7.